The molecule has 0 saturated heterocycles. The Morgan fingerprint density at radius 1 is 1.39 bits per heavy atom. The van der Waals surface area contributed by atoms with Gasteiger partial charge in [-0.3, -0.25) is 9.59 Å². The Morgan fingerprint density at radius 2 is 2.00 bits per heavy atom. The summed E-state index contributed by atoms with van der Waals surface area (Å²) in [6.07, 6.45) is 0. The van der Waals surface area contributed by atoms with Crippen LogP contribution in [0.5, 0.6) is 5.75 Å². The second-order valence-electron chi connectivity index (χ2n) is 3.79. The van der Waals surface area contributed by atoms with Crippen LogP contribution in [0.3, 0.4) is 0 Å². The summed E-state index contributed by atoms with van der Waals surface area (Å²) >= 11 is 5.70. The standard InChI is InChI=1S/C12H14ClNO4/c1-8(12(16)17)6-14-11(15)7-18-10-4-2-9(13)3-5-10/h2-5,8H,6-7H2,1H3,(H,14,15)(H,16,17). The van der Waals surface area contributed by atoms with E-state index in [9.17, 15) is 9.59 Å². The summed E-state index contributed by atoms with van der Waals surface area (Å²) in [5, 5.41) is 11.7. The number of rotatable bonds is 6. The van der Waals surface area contributed by atoms with Crippen molar-refractivity contribution in [2.45, 2.75) is 6.92 Å². The molecule has 0 fully saturated rings. The van der Waals surface area contributed by atoms with Crippen LogP contribution in [0.2, 0.25) is 5.02 Å². The molecule has 6 heteroatoms. The Labute approximate surface area is 110 Å². The summed E-state index contributed by atoms with van der Waals surface area (Å²) in [4.78, 5) is 21.9. The van der Waals surface area contributed by atoms with E-state index in [4.69, 9.17) is 21.4 Å². The third kappa shape index (κ3) is 5.05. The monoisotopic (exact) mass is 271 g/mol. The van der Waals surface area contributed by atoms with Crippen molar-refractivity contribution in [2.75, 3.05) is 13.2 Å². The van der Waals surface area contributed by atoms with Crippen LogP contribution in [-0.2, 0) is 9.59 Å². The molecule has 1 rings (SSSR count). The van der Waals surface area contributed by atoms with Crippen LogP contribution < -0.4 is 10.1 Å². The van der Waals surface area contributed by atoms with E-state index >= 15 is 0 Å². The van der Waals surface area contributed by atoms with Crippen molar-refractivity contribution in [3.05, 3.63) is 29.3 Å². The van der Waals surface area contributed by atoms with Gasteiger partial charge in [-0.05, 0) is 24.3 Å². The molecule has 0 saturated carbocycles. The number of carbonyl (C=O) groups excluding carboxylic acids is 1. The number of carbonyl (C=O) groups is 2. The maximum atomic E-state index is 11.4. The van der Waals surface area contributed by atoms with Crippen molar-refractivity contribution < 1.29 is 19.4 Å². The summed E-state index contributed by atoms with van der Waals surface area (Å²) < 4.78 is 5.20. The van der Waals surface area contributed by atoms with E-state index in [-0.39, 0.29) is 19.1 Å². The third-order valence-corrected chi connectivity index (χ3v) is 2.46. The van der Waals surface area contributed by atoms with Gasteiger partial charge in [-0.15, -0.1) is 0 Å². The molecule has 2 N–H and O–H groups in total. The molecule has 0 aliphatic heterocycles. The molecule has 1 aromatic carbocycles. The summed E-state index contributed by atoms with van der Waals surface area (Å²) in [5.41, 5.74) is 0. The van der Waals surface area contributed by atoms with Crippen LogP contribution in [-0.4, -0.2) is 30.1 Å². The Bertz CT molecular complexity index is 419. The molecule has 1 atom stereocenters. The summed E-state index contributed by atoms with van der Waals surface area (Å²) in [7, 11) is 0. The molecule has 0 aromatic heterocycles. The summed E-state index contributed by atoms with van der Waals surface area (Å²) in [5.74, 6) is -1.41. The van der Waals surface area contributed by atoms with Crippen LogP contribution in [0.25, 0.3) is 0 Å². The van der Waals surface area contributed by atoms with Crippen LogP contribution >= 0.6 is 11.6 Å². The first-order chi connectivity index (χ1) is 8.49. The van der Waals surface area contributed by atoms with Gasteiger partial charge >= 0.3 is 5.97 Å². The first-order valence-corrected chi connectivity index (χ1v) is 5.74. The highest BCUT2D eigenvalue weighted by molar-refractivity contribution is 6.30. The van der Waals surface area contributed by atoms with E-state index in [2.05, 4.69) is 5.32 Å². The number of hydrogen-bond donors (Lipinski definition) is 2. The fourth-order valence-electron chi connectivity index (χ4n) is 1.08. The van der Waals surface area contributed by atoms with Crippen molar-refractivity contribution in [3.63, 3.8) is 0 Å². The minimum atomic E-state index is -0.950. The van der Waals surface area contributed by atoms with Gasteiger partial charge < -0.3 is 15.2 Å². The highest BCUT2D eigenvalue weighted by Gasteiger charge is 2.12. The zero-order chi connectivity index (χ0) is 13.5. The van der Waals surface area contributed by atoms with Crippen LogP contribution in [0.15, 0.2) is 24.3 Å². The van der Waals surface area contributed by atoms with Gasteiger partial charge in [-0.25, -0.2) is 0 Å². The van der Waals surface area contributed by atoms with Crippen molar-refractivity contribution in [1.82, 2.24) is 5.32 Å². The van der Waals surface area contributed by atoms with Gasteiger partial charge in [0.2, 0.25) is 0 Å². The quantitative estimate of drug-likeness (QED) is 0.823. The average Bonchev–Trinajstić information content (AvgIpc) is 2.35. The number of carboxylic acid groups (broad SMARTS) is 1. The average molecular weight is 272 g/mol. The Balaban J connectivity index is 2.29. The smallest absolute Gasteiger partial charge is 0.308 e. The van der Waals surface area contributed by atoms with Gasteiger partial charge in [0.15, 0.2) is 6.61 Å². The lowest BCUT2D eigenvalue weighted by atomic mass is 10.2. The molecule has 18 heavy (non-hydrogen) atoms. The molecule has 0 spiro atoms. The third-order valence-electron chi connectivity index (χ3n) is 2.21. The minimum absolute atomic E-state index is 0.0815. The van der Waals surface area contributed by atoms with Gasteiger partial charge in [-0.1, -0.05) is 18.5 Å². The van der Waals surface area contributed by atoms with E-state index in [0.29, 0.717) is 10.8 Å². The number of hydrogen-bond acceptors (Lipinski definition) is 3. The summed E-state index contributed by atoms with van der Waals surface area (Å²) in [6, 6.07) is 6.60. The lowest BCUT2D eigenvalue weighted by Crippen LogP contribution is -2.34. The number of aliphatic carboxylic acids is 1. The normalized spacial score (nSPS) is 11.7. The van der Waals surface area contributed by atoms with Gasteiger partial charge in [-0.2, -0.15) is 0 Å². The van der Waals surface area contributed by atoms with Crippen molar-refractivity contribution in [1.29, 1.82) is 0 Å². The van der Waals surface area contributed by atoms with E-state index in [1.165, 1.54) is 6.92 Å². The molecule has 1 unspecified atom stereocenters. The van der Waals surface area contributed by atoms with Crippen LogP contribution in [0.1, 0.15) is 6.92 Å². The molecule has 0 heterocycles. The fraction of sp³-hybridized carbons (Fsp3) is 0.333. The molecule has 1 amide bonds. The topological polar surface area (TPSA) is 75.6 Å². The van der Waals surface area contributed by atoms with E-state index < -0.39 is 11.9 Å². The molecular weight excluding hydrogens is 258 g/mol. The van der Waals surface area contributed by atoms with Crippen LogP contribution in [0, 0.1) is 5.92 Å². The fourth-order valence-corrected chi connectivity index (χ4v) is 1.21. The predicted molar refractivity (Wildman–Crippen MR) is 66.8 cm³/mol. The lowest BCUT2D eigenvalue weighted by molar-refractivity contribution is -0.141. The zero-order valence-corrected chi connectivity index (χ0v) is 10.6. The first kappa shape index (κ1) is 14.3. The molecule has 0 aliphatic rings. The minimum Gasteiger partial charge on any atom is -0.484 e. The Morgan fingerprint density at radius 3 is 2.56 bits per heavy atom. The lowest BCUT2D eigenvalue weighted by Gasteiger charge is -2.09. The van der Waals surface area contributed by atoms with Crippen molar-refractivity contribution in [2.24, 2.45) is 5.92 Å². The van der Waals surface area contributed by atoms with Gasteiger partial charge in [0.25, 0.3) is 5.91 Å². The maximum absolute atomic E-state index is 11.4. The number of carboxylic acids is 1. The number of benzene rings is 1. The number of amides is 1. The summed E-state index contributed by atoms with van der Waals surface area (Å²) in [6.45, 7) is 1.44. The molecule has 0 aliphatic carbocycles. The second kappa shape index (κ2) is 6.86. The molecule has 98 valence electrons. The predicted octanol–water partition coefficient (Wildman–Crippen LogP) is 1.56. The molecule has 5 nitrogen and oxygen atoms in total. The molecule has 0 bridgehead atoms. The van der Waals surface area contributed by atoms with E-state index in [0.717, 1.165) is 0 Å². The molecule has 0 radical (unpaired) electrons. The highest BCUT2D eigenvalue weighted by Crippen LogP contribution is 2.15. The number of nitrogens with one attached hydrogen (secondary N) is 1. The van der Waals surface area contributed by atoms with E-state index in [1.807, 2.05) is 0 Å². The Hall–Kier alpha value is -1.75. The highest BCUT2D eigenvalue weighted by atomic mass is 35.5. The zero-order valence-electron chi connectivity index (χ0n) is 9.85. The number of halogens is 1. The van der Waals surface area contributed by atoms with Gasteiger partial charge in [0.05, 0.1) is 5.92 Å². The molecular formula is C12H14ClNO4. The van der Waals surface area contributed by atoms with Crippen molar-refractivity contribution >= 4 is 23.5 Å². The van der Waals surface area contributed by atoms with Crippen molar-refractivity contribution in [3.8, 4) is 5.75 Å². The van der Waals surface area contributed by atoms with Gasteiger partial charge in [0, 0.05) is 11.6 Å². The molecule has 1 aromatic rings. The number of ether oxygens (including phenoxy) is 1. The van der Waals surface area contributed by atoms with Gasteiger partial charge in [0.1, 0.15) is 5.75 Å². The maximum Gasteiger partial charge on any atom is 0.308 e. The Kier molecular flexibility index (Phi) is 5.45. The second-order valence-corrected chi connectivity index (χ2v) is 4.22. The SMILES string of the molecule is CC(CNC(=O)COc1ccc(Cl)cc1)C(=O)O. The van der Waals surface area contributed by atoms with Crippen LogP contribution in [0.4, 0.5) is 0 Å². The van der Waals surface area contributed by atoms with E-state index in [1.54, 1.807) is 24.3 Å². The first-order valence-electron chi connectivity index (χ1n) is 5.37. The largest absolute Gasteiger partial charge is 0.484 e.